The zero-order chi connectivity index (χ0) is 15.5. The summed E-state index contributed by atoms with van der Waals surface area (Å²) in [4.78, 5) is 6.96. The molecule has 112 valence electrons. The average molecular weight is 394 g/mol. The zero-order valence-electron chi connectivity index (χ0n) is 12.0. The Hall–Kier alpha value is -1.36. The molecule has 1 aromatic heterocycles. The Kier molecular flexibility index (Phi) is 4.81. The Morgan fingerprint density at radius 1 is 1.09 bits per heavy atom. The molecule has 0 saturated carbocycles. The molecule has 5 heteroatoms. The molecule has 0 spiro atoms. The van der Waals surface area contributed by atoms with Crippen molar-refractivity contribution in [3.8, 4) is 11.3 Å². The van der Waals surface area contributed by atoms with Crippen LogP contribution in [0.5, 0.6) is 0 Å². The summed E-state index contributed by atoms with van der Waals surface area (Å²) in [5, 5.41) is 3.83. The summed E-state index contributed by atoms with van der Waals surface area (Å²) in [6.45, 7) is 2.98. The molecule has 3 aromatic rings. The van der Waals surface area contributed by atoms with Gasteiger partial charge >= 0.3 is 0 Å². The third kappa shape index (κ3) is 3.35. The van der Waals surface area contributed by atoms with Gasteiger partial charge in [0.25, 0.3) is 0 Å². The first kappa shape index (κ1) is 15.5. The third-order valence-corrected chi connectivity index (χ3v) is 4.96. The van der Waals surface area contributed by atoms with E-state index in [-0.39, 0.29) is 0 Å². The number of rotatable bonds is 4. The molecule has 0 fully saturated rings. The SMILES string of the molecule is CCN(c1ccc(Cl)cc1)c1nc(-c2ccc(Br)cc2)cs1. The fourth-order valence-corrected chi connectivity index (χ4v) is 3.50. The van der Waals surface area contributed by atoms with Gasteiger partial charge in [0.15, 0.2) is 5.13 Å². The lowest BCUT2D eigenvalue weighted by Crippen LogP contribution is -2.15. The van der Waals surface area contributed by atoms with E-state index in [2.05, 4.69) is 45.3 Å². The highest BCUT2D eigenvalue weighted by molar-refractivity contribution is 9.10. The molecule has 0 N–H and O–H groups in total. The van der Waals surface area contributed by atoms with Crippen LogP contribution in [0.2, 0.25) is 5.02 Å². The molecular formula is C17H14BrClN2S. The van der Waals surface area contributed by atoms with Gasteiger partial charge in [0.2, 0.25) is 0 Å². The number of hydrogen-bond donors (Lipinski definition) is 0. The molecule has 2 aromatic carbocycles. The van der Waals surface area contributed by atoms with Crippen LogP contribution < -0.4 is 4.90 Å². The molecule has 2 nitrogen and oxygen atoms in total. The topological polar surface area (TPSA) is 16.1 Å². The predicted molar refractivity (Wildman–Crippen MR) is 99.4 cm³/mol. The van der Waals surface area contributed by atoms with Gasteiger partial charge in [-0.05, 0) is 43.3 Å². The van der Waals surface area contributed by atoms with Crippen molar-refractivity contribution in [1.29, 1.82) is 0 Å². The van der Waals surface area contributed by atoms with Gasteiger partial charge < -0.3 is 4.90 Å². The van der Waals surface area contributed by atoms with Gasteiger partial charge in [-0.15, -0.1) is 11.3 Å². The highest BCUT2D eigenvalue weighted by atomic mass is 79.9. The highest BCUT2D eigenvalue weighted by Gasteiger charge is 2.12. The van der Waals surface area contributed by atoms with Crippen LogP contribution in [-0.2, 0) is 0 Å². The Labute approximate surface area is 147 Å². The first-order valence-corrected chi connectivity index (χ1v) is 8.97. The van der Waals surface area contributed by atoms with Crippen LogP contribution in [0.3, 0.4) is 0 Å². The van der Waals surface area contributed by atoms with E-state index in [0.717, 1.165) is 38.1 Å². The van der Waals surface area contributed by atoms with E-state index in [1.165, 1.54) is 0 Å². The molecule has 0 bridgehead atoms. The quantitative estimate of drug-likeness (QED) is 0.511. The minimum atomic E-state index is 0.745. The maximum atomic E-state index is 5.97. The van der Waals surface area contributed by atoms with E-state index in [1.807, 2.05) is 36.4 Å². The molecule has 0 amide bonds. The van der Waals surface area contributed by atoms with Crippen LogP contribution >= 0.6 is 38.9 Å². The number of hydrogen-bond acceptors (Lipinski definition) is 3. The minimum Gasteiger partial charge on any atom is -0.318 e. The fourth-order valence-electron chi connectivity index (χ4n) is 2.19. The van der Waals surface area contributed by atoms with E-state index in [0.29, 0.717) is 0 Å². The second kappa shape index (κ2) is 6.82. The number of thiazole rings is 1. The summed E-state index contributed by atoms with van der Waals surface area (Å²) in [5.41, 5.74) is 3.22. The van der Waals surface area contributed by atoms with Crippen LogP contribution in [-0.4, -0.2) is 11.5 Å². The molecule has 0 atom stereocenters. The molecular weight excluding hydrogens is 380 g/mol. The Morgan fingerprint density at radius 3 is 2.41 bits per heavy atom. The van der Waals surface area contributed by atoms with Crippen LogP contribution in [0.1, 0.15) is 6.92 Å². The number of nitrogens with zero attached hydrogens (tertiary/aromatic N) is 2. The maximum Gasteiger partial charge on any atom is 0.190 e. The lowest BCUT2D eigenvalue weighted by atomic mass is 10.2. The van der Waals surface area contributed by atoms with E-state index in [4.69, 9.17) is 16.6 Å². The van der Waals surface area contributed by atoms with Crippen molar-refractivity contribution in [2.75, 3.05) is 11.4 Å². The molecule has 0 aliphatic rings. The first-order chi connectivity index (χ1) is 10.7. The molecule has 0 radical (unpaired) electrons. The number of anilines is 2. The predicted octanol–water partition coefficient (Wildman–Crippen LogP) is 6.38. The van der Waals surface area contributed by atoms with E-state index >= 15 is 0 Å². The van der Waals surface area contributed by atoms with Crippen molar-refractivity contribution >= 4 is 49.7 Å². The van der Waals surface area contributed by atoms with Crippen molar-refractivity contribution < 1.29 is 0 Å². The van der Waals surface area contributed by atoms with Crippen LogP contribution in [0.15, 0.2) is 58.4 Å². The molecule has 3 rings (SSSR count). The smallest absolute Gasteiger partial charge is 0.190 e. The van der Waals surface area contributed by atoms with E-state index in [1.54, 1.807) is 11.3 Å². The van der Waals surface area contributed by atoms with E-state index < -0.39 is 0 Å². The van der Waals surface area contributed by atoms with E-state index in [9.17, 15) is 0 Å². The van der Waals surface area contributed by atoms with Gasteiger partial charge in [-0.2, -0.15) is 0 Å². The molecule has 0 unspecified atom stereocenters. The number of benzene rings is 2. The van der Waals surface area contributed by atoms with Crippen molar-refractivity contribution in [2.45, 2.75) is 6.92 Å². The van der Waals surface area contributed by atoms with Crippen LogP contribution in [0, 0.1) is 0 Å². The summed E-state index contributed by atoms with van der Waals surface area (Å²) >= 11 is 11.1. The lowest BCUT2D eigenvalue weighted by molar-refractivity contribution is 1.01. The second-order valence-electron chi connectivity index (χ2n) is 4.74. The average Bonchev–Trinajstić information content (AvgIpc) is 3.00. The van der Waals surface area contributed by atoms with Gasteiger partial charge in [-0.25, -0.2) is 4.98 Å². The maximum absolute atomic E-state index is 5.97. The van der Waals surface area contributed by atoms with Crippen molar-refractivity contribution in [2.24, 2.45) is 0 Å². The van der Waals surface area contributed by atoms with Crippen molar-refractivity contribution in [1.82, 2.24) is 4.98 Å². The second-order valence-corrected chi connectivity index (χ2v) is 6.93. The Bertz CT molecular complexity index is 753. The van der Waals surface area contributed by atoms with Gasteiger partial charge in [-0.3, -0.25) is 0 Å². The largest absolute Gasteiger partial charge is 0.318 e. The summed E-state index contributed by atoms with van der Waals surface area (Å²) < 4.78 is 1.07. The van der Waals surface area contributed by atoms with Crippen LogP contribution in [0.25, 0.3) is 11.3 Å². The summed E-state index contributed by atoms with van der Waals surface area (Å²) in [6.07, 6.45) is 0. The van der Waals surface area contributed by atoms with Gasteiger partial charge in [0.05, 0.1) is 5.69 Å². The monoisotopic (exact) mass is 392 g/mol. The van der Waals surface area contributed by atoms with Gasteiger partial charge in [0.1, 0.15) is 0 Å². The Morgan fingerprint density at radius 2 is 1.77 bits per heavy atom. The number of aromatic nitrogens is 1. The molecule has 1 heterocycles. The molecule has 22 heavy (non-hydrogen) atoms. The van der Waals surface area contributed by atoms with Crippen molar-refractivity contribution in [3.63, 3.8) is 0 Å². The first-order valence-electron chi connectivity index (χ1n) is 6.92. The van der Waals surface area contributed by atoms with Crippen molar-refractivity contribution in [3.05, 3.63) is 63.4 Å². The highest BCUT2D eigenvalue weighted by Crippen LogP contribution is 2.32. The van der Waals surface area contributed by atoms with Gasteiger partial charge in [0, 0.05) is 32.7 Å². The van der Waals surface area contributed by atoms with Crippen LogP contribution in [0.4, 0.5) is 10.8 Å². The summed E-state index contributed by atoms with van der Waals surface area (Å²) in [7, 11) is 0. The Balaban J connectivity index is 1.91. The normalized spacial score (nSPS) is 10.7. The summed E-state index contributed by atoms with van der Waals surface area (Å²) in [6, 6.07) is 16.1. The third-order valence-electron chi connectivity index (χ3n) is 3.32. The summed E-state index contributed by atoms with van der Waals surface area (Å²) in [5.74, 6) is 0. The number of halogens is 2. The van der Waals surface area contributed by atoms with Gasteiger partial charge in [-0.1, -0.05) is 39.7 Å². The minimum absolute atomic E-state index is 0.745. The molecule has 0 saturated heterocycles. The standard InChI is InChI=1S/C17H14BrClN2S/c1-2-21(15-9-7-14(19)8-10-15)17-20-16(11-22-17)12-3-5-13(18)6-4-12/h3-11H,2H2,1H3. The lowest BCUT2D eigenvalue weighted by Gasteiger charge is -2.19. The fraction of sp³-hybridized carbons (Fsp3) is 0.118. The molecule has 0 aliphatic heterocycles. The zero-order valence-corrected chi connectivity index (χ0v) is 15.1. The molecule has 0 aliphatic carbocycles.